The molecule has 56 heavy (non-hydrogen) atoms. The van der Waals surface area contributed by atoms with Crippen LogP contribution in [-0.4, -0.2) is 126 Å². The molecule has 13 nitrogen and oxygen atoms in total. The van der Waals surface area contributed by atoms with Gasteiger partial charge >= 0.3 is 5.97 Å². The lowest BCUT2D eigenvalue weighted by molar-refractivity contribution is -0.302. The molecule has 0 radical (unpaired) electrons. The molecule has 4 rings (SSSR count). The van der Waals surface area contributed by atoms with E-state index in [1.165, 1.54) is 25.2 Å². The van der Waals surface area contributed by atoms with Crippen LogP contribution in [0.25, 0.3) is 0 Å². The van der Waals surface area contributed by atoms with Crippen LogP contribution in [0.3, 0.4) is 0 Å². The largest absolute Gasteiger partial charge is 0.456 e. The molecule has 3 aliphatic heterocycles. The van der Waals surface area contributed by atoms with Gasteiger partial charge in [-0.05, 0) is 101 Å². The molecule has 2 bridgehead atoms. The number of carbonyl (C=O) groups excluding carboxylic acids is 4. The Labute approximate surface area is 332 Å². The van der Waals surface area contributed by atoms with Crippen molar-refractivity contribution in [1.82, 2.24) is 4.90 Å². The van der Waals surface area contributed by atoms with Crippen LogP contribution in [0.2, 0.25) is 0 Å². The van der Waals surface area contributed by atoms with Crippen molar-refractivity contribution in [3.63, 3.8) is 0 Å². The molecule has 3 heterocycles. The number of Topliss-reactive ketones (excluding diaryl/α,β-unsaturated/α-hetero) is 1. The zero-order valence-corrected chi connectivity index (χ0v) is 34.8. The van der Waals surface area contributed by atoms with Gasteiger partial charge in [-0.15, -0.1) is 0 Å². The lowest BCUT2D eigenvalue weighted by Gasteiger charge is -2.47. The minimum atomic E-state index is -2.54. The normalized spacial score (nSPS) is 40.4. The van der Waals surface area contributed by atoms with Gasteiger partial charge in [-0.3, -0.25) is 14.4 Å². The van der Waals surface area contributed by atoms with Gasteiger partial charge in [0, 0.05) is 45.6 Å². The maximum atomic E-state index is 14.2. The lowest BCUT2D eigenvalue weighted by Crippen LogP contribution is -2.64. The quantitative estimate of drug-likeness (QED) is 0.198. The molecule has 0 spiro atoms. The summed E-state index contributed by atoms with van der Waals surface area (Å²) in [5.74, 6) is -7.83. The summed E-state index contributed by atoms with van der Waals surface area (Å²) < 4.78 is 29.6. The number of hydrogen-bond acceptors (Lipinski definition) is 12. The molecule has 13 heteroatoms. The first kappa shape index (κ1) is 45.9. The van der Waals surface area contributed by atoms with Gasteiger partial charge < -0.3 is 43.9 Å². The van der Waals surface area contributed by atoms with Crippen molar-refractivity contribution < 1.29 is 58.2 Å². The molecule has 2 saturated heterocycles. The minimum Gasteiger partial charge on any atom is -0.456 e. The van der Waals surface area contributed by atoms with Crippen LogP contribution in [0.1, 0.15) is 99.3 Å². The van der Waals surface area contributed by atoms with Crippen LogP contribution in [0, 0.1) is 29.6 Å². The second kappa shape index (κ2) is 20.3. The summed E-state index contributed by atoms with van der Waals surface area (Å²) in [6.07, 6.45) is 6.18. The summed E-state index contributed by atoms with van der Waals surface area (Å²) in [4.78, 5) is 57.5. The molecular weight excluding hydrogens is 722 g/mol. The molecule has 3 fully saturated rings. The first-order valence-electron chi connectivity index (χ1n) is 20.5. The molecule has 316 valence electrons. The highest BCUT2D eigenvalue weighted by Crippen LogP contribution is 2.39. The van der Waals surface area contributed by atoms with Crippen molar-refractivity contribution in [3.05, 3.63) is 35.5 Å². The Kier molecular flexibility index (Phi) is 16.6. The molecule has 1 aliphatic carbocycles. The standard InChI is InChI=1S/C43H67NO12/c1-10-30-20-25(3)37(47)26(4)21-35(53-8)39-36(54-9)22-28(6)43(51,56-39)40(48)41(49)44-18-12-11-13-31(44)42(50)55-38(24(2)14-16-32(30)45)27(5)19-29-15-17-33(46)34(23-29)52-7/h14,16,19-20,24,26,28-31,33-39,46-47,51H,10-13,15,17-18,21-23H2,1-9H3. The topological polar surface area (TPSA) is 178 Å². The highest BCUT2D eigenvalue weighted by atomic mass is 16.7. The predicted octanol–water partition coefficient (Wildman–Crippen LogP) is 4.25. The third-order valence-electron chi connectivity index (χ3n) is 12.7. The number of allylic oxidation sites excluding steroid dienone is 3. The second-order valence-electron chi connectivity index (χ2n) is 16.7. The van der Waals surface area contributed by atoms with Gasteiger partial charge in [0.25, 0.3) is 11.7 Å². The van der Waals surface area contributed by atoms with Crippen molar-refractivity contribution in [2.75, 3.05) is 27.9 Å². The van der Waals surface area contributed by atoms with Gasteiger partial charge in [0.2, 0.25) is 5.79 Å². The number of cyclic esters (lactones) is 1. The van der Waals surface area contributed by atoms with E-state index in [-0.39, 0.29) is 43.6 Å². The van der Waals surface area contributed by atoms with Crippen molar-refractivity contribution in [2.24, 2.45) is 29.6 Å². The summed E-state index contributed by atoms with van der Waals surface area (Å²) in [7, 11) is 4.54. The third-order valence-corrected chi connectivity index (χ3v) is 12.7. The number of fused-ring (bicyclic) bond motifs is 3. The number of piperidine rings is 1. The van der Waals surface area contributed by atoms with Crippen molar-refractivity contribution in [3.8, 4) is 0 Å². The van der Waals surface area contributed by atoms with Crippen LogP contribution in [0.15, 0.2) is 35.5 Å². The number of hydrogen-bond donors (Lipinski definition) is 3. The maximum absolute atomic E-state index is 14.2. The van der Waals surface area contributed by atoms with Crippen LogP contribution in [0.5, 0.6) is 0 Å². The zero-order chi connectivity index (χ0) is 41.5. The molecule has 14 atom stereocenters. The van der Waals surface area contributed by atoms with Gasteiger partial charge in [0.15, 0.2) is 5.78 Å². The summed E-state index contributed by atoms with van der Waals surface area (Å²) in [5, 5.41) is 33.9. The summed E-state index contributed by atoms with van der Waals surface area (Å²) >= 11 is 0. The van der Waals surface area contributed by atoms with Crippen molar-refractivity contribution in [2.45, 2.75) is 154 Å². The maximum Gasteiger partial charge on any atom is 0.329 e. The number of nitrogens with zero attached hydrogens (tertiary/aromatic N) is 1. The fraction of sp³-hybridized carbons (Fsp3) is 0.767. The molecule has 4 aliphatic rings. The van der Waals surface area contributed by atoms with E-state index >= 15 is 0 Å². The van der Waals surface area contributed by atoms with E-state index in [1.54, 1.807) is 33.1 Å². The number of aliphatic hydroxyl groups excluding tert-OH is 2. The molecule has 1 saturated carbocycles. The lowest BCUT2D eigenvalue weighted by atomic mass is 9.81. The molecule has 3 N–H and O–H groups in total. The molecule has 1 amide bonds. The molecule has 0 aromatic carbocycles. The van der Waals surface area contributed by atoms with Crippen LogP contribution in [-0.2, 0) is 42.9 Å². The molecule has 14 unspecified atom stereocenters. The van der Waals surface area contributed by atoms with E-state index in [9.17, 15) is 34.5 Å². The first-order chi connectivity index (χ1) is 26.5. The number of amides is 1. The zero-order valence-electron chi connectivity index (χ0n) is 34.8. The van der Waals surface area contributed by atoms with Crippen molar-refractivity contribution >= 4 is 23.4 Å². The van der Waals surface area contributed by atoms with Crippen LogP contribution < -0.4 is 0 Å². The van der Waals surface area contributed by atoms with Crippen molar-refractivity contribution in [1.29, 1.82) is 0 Å². The Hall–Kier alpha value is -2.78. The average molecular weight is 790 g/mol. The van der Waals surface area contributed by atoms with Gasteiger partial charge in [-0.25, -0.2) is 4.79 Å². The Morgan fingerprint density at radius 3 is 2.25 bits per heavy atom. The van der Waals surface area contributed by atoms with Crippen LogP contribution >= 0.6 is 0 Å². The fourth-order valence-corrected chi connectivity index (χ4v) is 9.00. The smallest absolute Gasteiger partial charge is 0.329 e. The van der Waals surface area contributed by atoms with E-state index in [1.807, 2.05) is 33.8 Å². The van der Waals surface area contributed by atoms with Gasteiger partial charge in [0.05, 0.1) is 30.5 Å². The Balaban J connectivity index is 1.78. The predicted molar refractivity (Wildman–Crippen MR) is 208 cm³/mol. The molecule has 0 aromatic rings. The Bertz CT molecular complexity index is 1480. The highest BCUT2D eigenvalue weighted by molar-refractivity contribution is 6.39. The van der Waals surface area contributed by atoms with E-state index in [0.29, 0.717) is 44.1 Å². The average Bonchev–Trinajstić information content (AvgIpc) is 3.19. The van der Waals surface area contributed by atoms with E-state index in [2.05, 4.69) is 0 Å². The highest BCUT2D eigenvalue weighted by Gasteiger charge is 2.56. The summed E-state index contributed by atoms with van der Waals surface area (Å²) in [5.41, 5.74) is 1.35. The number of esters is 1. The number of carbonyl (C=O) groups is 4. The van der Waals surface area contributed by atoms with Gasteiger partial charge in [-0.2, -0.15) is 0 Å². The monoisotopic (exact) mass is 789 g/mol. The number of aliphatic hydroxyl groups is 3. The Morgan fingerprint density at radius 1 is 0.946 bits per heavy atom. The molecular formula is C43H67NO12. The Morgan fingerprint density at radius 2 is 1.61 bits per heavy atom. The van der Waals surface area contributed by atoms with E-state index < -0.39 is 89.8 Å². The fourth-order valence-electron chi connectivity index (χ4n) is 9.00. The van der Waals surface area contributed by atoms with E-state index in [4.69, 9.17) is 23.7 Å². The number of ether oxygens (including phenoxy) is 5. The number of rotatable bonds is 6. The van der Waals surface area contributed by atoms with Gasteiger partial charge in [0.1, 0.15) is 18.2 Å². The minimum absolute atomic E-state index is 0.0410. The number of ketones is 2. The summed E-state index contributed by atoms with van der Waals surface area (Å²) in [6.45, 7) is 11.0. The number of methoxy groups -OCH3 is 3. The third kappa shape index (κ3) is 10.4. The SMILES string of the molecule is CCC1C=C(C)C(O)C(C)CC(OC)C2OC(O)(C(=O)C(=O)N3CCCCC3C(=O)OC(C(C)=CC3CCC(O)C(OC)C3)C(C)C=CC1=O)C(C)CC2OC. The first-order valence-corrected chi connectivity index (χ1v) is 20.5. The molecule has 0 aromatic heterocycles. The van der Waals surface area contributed by atoms with E-state index in [0.717, 1.165) is 5.57 Å². The van der Waals surface area contributed by atoms with Crippen LogP contribution in [0.4, 0.5) is 0 Å². The van der Waals surface area contributed by atoms with Gasteiger partial charge in [-0.1, -0.05) is 45.9 Å². The second-order valence-corrected chi connectivity index (χ2v) is 16.7. The summed E-state index contributed by atoms with van der Waals surface area (Å²) in [6, 6.07) is -1.10.